The Balaban J connectivity index is 1.89. The van der Waals surface area contributed by atoms with Crippen molar-refractivity contribution in [1.82, 2.24) is 15.1 Å². The van der Waals surface area contributed by atoms with Crippen LogP contribution in [0.4, 0.5) is 0 Å². The van der Waals surface area contributed by atoms with Gasteiger partial charge in [0.05, 0.1) is 11.7 Å². The quantitative estimate of drug-likeness (QED) is 0.797. The smallest absolute Gasteiger partial charge is 0.0762 e. The third-order valence-electron chi connectivity index (χ3n) is 4.50. The Bertz CT molecular complexity index is 384. The minimum Gasteiger partial charge on any atom is -0.396 e. The molecule has 1 unspecified atom stereocenters. The van der Waals surface area contributed by atoms with Gasteiger partial charge in [-0.1, -0.05) is 19.8 Å². The van der Waals surface area contributed by atoms with Crippen molar-refractivity contribution in [3.05, 3.63) is 18.0 Å². The van der Waals surface area contributed by atoms with Gasteiger partial charge in [0.1, 0.15) is 0 Å². The molecular weight excluding hydrogens is 238 g/mol. The third kappa shape index (κ3) is 3.80. The fraction of sp³-hybridized carbons (Fsp3) is 0.800. The lowest BCUT2D eigenvalue weighted by Crippen LogP contribution is -2.42. The van der Waals surface area contributed by atoms with Gasteiger partial charge in [-0.2, -0.15) is 5.10 Å². The monoisotopic (exact) mass is 265 g/mol. The SMILES string of the molecule is CCC(C)(CCO)NCc1ccn(C2CCCC2)n1. The molecule has 19 heavy (non-hydrogen) atoms. The number of rotatable bonds is 7. The van der Waals surface area contributed by atoms with Gasteiger partial charge in [-0.25, -0.2) is 0 Å². The highest BCUT2D eigenvalue weighted by molar-refractivity contribution is 5.01. The summed E-state index contributed by atoms with van der Waals surface area (Å²) in [6.45, 7) is 5.33. The van der Waals surface area contributed by atoms with Crippen molar-refractivity contribution in [2.45, 2.75) is 70.5 Å². The number of nitrogens with zero attached hydrogens (tertiary/aromatic N) is 2. The predicted molar refractivity (Wildman–Crippen MR) is 77.0 cm³/mol. The standard InChI is InChI=1S/C15H27N3O/c1-3-15(2,9-11-19)16-12-13-8-10-18(17-13)14-6-4-5-7-14/h8,10,14,16,19H,3-7,9,11-12H2,1-2H3. The van der Waals surface area contributed by atoms with Crippen molar-refractivity contribution in [1.29, 1.82) is 0 Å². The highest BCUT2D eigenvalue weighted by atomic mass is 16.3. The maximum absolute atomic E-state index is 9.12. The van der Waals surface area contributed by atoms with Gasteiger partial charge in [-0.3, -0.25) is 4.68 Å². The molecule has 0 aliphatic heterocycles. The van der Waals surface area contributed by atoms with Crippen molar-refractivity contribution in [2.24, 2.45) is 0 Å². The van der Waals surface area contributed by atoms with Gasteiger partial charge in [-0.15, -0.1) is 0 Å². The first-order valence-electron chi connectivity index (χ1n) is 7.57. The second kappa shape index (κ2) is 6.53. The van der Waals surface area contributed by atoms with E-state index in [4.69, 9.17) is 5.11 Å². The van der Waals surface area contributed by atoms with E-state index >= 15 is 0 Å². The molecule has 2 rings (SSSR count). The van der Waals surface area contributed by atoms with Crippen LogP contribution in [0.1, 0.15) is 64.1 Å². The Morgan fingerprint density at radius 2 is 2.21 bits per heavy atom. The molecule has 1 aliphatic carbocycles. The molecular formula is C15H27N3O. The van der Waals surface area contributed by atoms with E-state index in [1.807, 2.05) is 0 Å². The van der Waals surface area contributed by atoms with Crippen LogP contribution < -0.4 is 5.32 Å². The molecule has 4 heteroatoms. The number of aromatic nitrogens is 2. The van der Waals surface area contributed by atoms with Gasteiger partial charge >= 0.3 is 0 Å². The minimum atomic E-state index is 0.00584. The van der Waals surface area contributed by atoms with Crippen LogP contribution in [0.5, 0.6) is 0 Å². The molecule has 1 saturated carbocycles. The van der Waals surface area contributed by atoms with E-state index in [0.717, 1.165) is 25.1 Å². The molecule has 1 atom stereocenters. The first kappa shape index (κ1) is 14.5. The maximum atomic E-state index is 9.12. The lowest BCUT2D eigenvalue weighted by Gasteiger charge is -2.28. The van der Waals surface area contributed by atoms with E-state index in [2.05, 4.69) is 41.2 Å². The summed E-state index contributed by atoms with van der Waals surface area (Å²) in [7, 11) is 0. The van der Waals surface area contributed by atoms with E-state index < -0.39 is 0 Å². The highest BCUT2D eigenvalue weighted by Gasteiger charge is 2.21. The second-order valence-corrected chi connectivity index (χ2v) is 5.97. The molecule has 0 spiro atoms. The van der Waals surface area contributed by atoms with E-state index in [9.17, 15) is 0 Å². The Morgan fingerprint density at radius 1 is 1.47 bits per heavy atom. The first-order valence-corrected chi connectivity index (χ1v) is 7.57. The van der Waals surface area contributed by atoms with Crippen LogP contribution in [0.15, 0.2) is 12.3 Å². The molecule has 1 heterocycles. The van der Waals surface area contributed by atoms with Crippen LogP contribution in [0, 0.1) is 0 Å². The molecule has 2 N–H and O–H groups in total. The summed E-state index contributed by atoms with van der Waals surface area (Å²) in [5.74, 6) is 0. The molecule has 0 aromatic carbocycles. The van der Waals surface area contributed by atoms with Gasteiger partial charge in [0.2, 0.25) is 0 Å². The van der Waals surface area contributed by atoms with Crippen LogP contribution in [0.25, 0.3) is 0 Å². The predicted octanol–water partition coefficient (Wildman–Crippen LogP) is 2.64. The van der Waals surface area contributed by atoms with Gasteiger partial charge in [0, 0.05) is 24.9 Å². The van der Waals surface area contributed by atoms with Gasteiger partial charge in [0.15, 0.2) is 0 Å². The van der Waals surface area contributed by atoms with Crippen LogP contribution in [-0.2, 0) is 6.54 Å². The largest absolute Gasteiger partial charge is 0.396 e. The summed E-state index contributed by atoms with van der Waals surface area (Å²) in [5.41, 5.74) is 1.11. The van der Waals surface area contributed by atoms with E-state index in [0.29, 0.717) is 6.04 Å². The summed E-state index contributed by atoms with van der Waals surface area (Å²) in [4.78, 5) is 0. The molecule has 4 nitrogen and oxygen atoms in total. The van der Waals surface area contributed by atoms with Crippen LogP contribution in [0.2, 0.25) is 0 Å². The summed E-state index contributed by atoms with van der Waals surface area (Å²) in [6, 6.07) is 2.73. The second-order valence-electron chi connectivity index (χ2n) is 5.97. The highest BCUT2D eigenvalue weighted by Crippen LogP contribution is 2.28. The van der Waals surface area contributed by atoms with E-state index in [1.54, 1.807) is 0 Å². The van der Waals surface area contributed by atoms with Crippen molar-refractivity contribution in [3.8, 4) is 0 Å². The molecule has 108 valence electrons. The fourth-order valence-electron chi connectivity index (χ4n) is 2.78. The lowest BCUT2D eigenvalue weighted by molar-refractivity contribution is 0.214. The third-order valence-corrected chi connectivity index (χ3v) is 4.50. The Labute approximate surface area is 116 Å². The first-order chi connectivity index (χ1) is 9.17. The average Bonchev–Trinajstić information content (AvgIpc) is 3.07. The zero-order chi connectivity index (χ0) is 13.7. The minimum absolute atomic E-state index is 0.00584. The molecule has 0 radical (unpaired) electrons. The van der Waals surface area contributed by atoms with E-state index in [-0.39, 0.29) is 12.1 Å². The van der Waals surface area contributed by atoms with Gasteiger partial charge in [-0.05, 0) is 38.7 Å². The van der Waals surface area contributed by atoms with Crippen molar-refractivity contribution in [3.63, 3.8) is 0 Å². The van der Waals surface area contributed by atoms with Crippen LogP contribution >= 0.6 is 0 Å². The summed E-state index contributed by atoms with van der Waals surface area (Å²) >= 11 is 0. The lowest BCUT2D eigenvalue weighted by atomic mass is 9.95. The topological polar surface area (TPSA) is 50.1 Å². The number of hydrogen-bond donors (Lipinski definition) is 2. The zero-order valence-corrected chi connectivity index (χ0v) is 12.2. The molecule has 1 aromatic rings. The molecule has 0 bridgehead atoms. The van der Waals surface area contributed by atoms with Crippen molar-refractivity contribution in [2.75, 3.05) is 6.61 Å². The number of aliphatic hydroxyl groups excluding tert-OH is 1. The molecule has 0 saturated heterocycles. The fourth-order valence-corrected chi connectivity index (χ4v) is 2.78. The summed E-state index contributed by atoms with van der Waals surface area (Å²) < 4.78 is 2.14. The zero-order valence-electron chi connectivity index (χ0n) is 12.2. The van der Waals surface area contributed by atoms with Gasteiger partial charge in [0.25, 0.3) is 0 Å². The average molecular weight is 265 g/mol. The Hall–Kier alpha value is -0.870. The number of hydrogen-bond acceptors (Lipinski definition) is 3. The normalized spacial score (nSPS) is 19.7. The number of nitrogens with one attached hydrogen (secondary N) is 1. The molecule has 1 aromatic heterocycles. The van der Waals surface area contributed by atoms with E-state index in [1.165, 1.54) is 25.7 Å². The molecule has 1 fully saturated rings. The van der Waals surface area contributed by atoms with Gasteiger partial charge < -0.3 is 10.4 Å². The Kier molecular flexibility index (Phi) is 4.99. The maximum Gasteiger partial charge on any atom is 0.0762 e. The Morgan fingerprint density at radius 3 is 2.84 bits per heavy atom. The summed E-state index contributed by atoms with van der Waals surface area (Å²) in [5, 5.41) is 17.3. The van der Waals surface area contributed by atoms with Crippen molar-refractivity contribution >= 4 is 0 Å². The molecule has 0 amide bonds. The number of aliphatic hydroxyl groups is 1. The van der Waals surface area contributed by atoms with Crippen LogP contribution in [-0.4, -0.2) is 27.0 Å². The summed E-state index contributed by atoms with van der Waals surface area (Å²) in [6.07, 6.45) is 9.12. The van der Waals surface area contributed by atoms with Crippen molar-refractivity contribution < 1.29 is 5.11 Å². The molecule has 1 aliphatic rings. The van der Waals surface area contributed by atoms with Crippen LogP contribution in [0.3, 0.4) is 0 Å².